The number of nitrogens with zero attached hydrogens (tertiary/aromatic N) is 4. The zero-order valence-corrected chi connectivity index (χ0v) is 30.0. The molecule has 0 amide bonds. The van der Waals surface area contributed by atoms with Crippen molar-refractivity contribution >= 4 is 0 Å². The van der Waals surface area contributed by atoms with Crippen LogP contribution < -0.4 is 5.32 Å². The molecule has 0 bridgehead atoms. The van der Waals surface area contributed by atoms with E-state index in [9.17, 15) is 0 Å². The fourth-order valence-corrected chi connectivity index (χ4v) is 11.3. The van der Waals surface area contributed by atoms with Gasteiger partial charge >= 0.3 is 0 Å². The maximum Gasteiger partial charge on any atom is 0.110 e. The van der Waals surface area contributed by atoms with E-state index < -0.39 is 0 Å². The summed E-state index contributed by atoms with van der Waals surface area (Å²) in [6, 6.07) is 0. The van der Waals surface area contributed by atoms with Crippen LogP contribution in [-0.4, -0.2) is 70.4 Å². The van der Waals surface area contributed by atoms with Crippen molar-refractivity contribution in [2.45, 2.75) is 121 Å². The number of nitrogens with one attached hydrogen (secondary N) is 1. The molecule has 5 aliphatic heterocycles. The smallest absolute Gasteiger partial charge is 0.110 e. The fourth-order valence-electron chi connectivity index (χ4n) is 11.3. The maximum atomic E-state index is 4.11. The Labute approximate surface area is 300 Å². The summed E-state index contributed by atoms with van der Waals surface area (Å²) in [5, 5.41) is 4.11. The van der Waals surface area contributed by atoms with Gasteiger partial charge in [0.15, 0.2) is 0 Å². The highest BCUT2D eigenvalue weighted by molar-refractivity contribution is 5.49. The SMILES string of the molecule is C1=CCC2=CN(C3C4=C(CCCC4)CCN3C3C4=C(CC=CC4)CCN3C3C4=C(CC=CC4)CCN3C3NCCC4=C3CCC=C4)C=CC2=C1. The van der Waals surface area contributed by atoms with Crippen LogP contribution in [0.25, 0.3) is 0 Å². The average molecular weight is 666 g/mol. The first-order valence-electron chi connectivity index (χ1n) is 20.2. The van der Waals surface area contributed by atoms with Crippen molar-refractivity contribution in [2.24, 2.45) is 0 Å². The van der Waals surface area contributed by atoms with Crippen molar-refractivity contribution in [1.82, 2.24) is 24.9 Å². The summed E-state index contributed by atoms with van der Waals surface area (Å²) >= 11 is 0. The molecule has 5 nitrogen and oxygen atoms in total. The molecule has 1 N–H and O–H groups in total. The minimum absolute atomic E-state index is 0.280. The van der Waals surface area contributed by atoms with Crippen LogP contribution in [0.4, 0.5) is 0 Å². The van der Waals surface area contributed by atoms with Crippen LogP contribution in [-0.2, 0) is 0 Å². The van der Waals surface area contributed by atoms with Crippen LogP contribution in [0, 0.1) is 0 Å². The third-order valence-electron chi connectivity index (χ3n) is 13.6. The summed E-state index contributed by atoms with van der Waals surface area (Å²) < 4.78 is 0. The van der Waals surface area contributed by atoms with E-state index in [4.69, 9.17) is 0 Å². The molecule has 0 aromatic heterocycles. The van der Waals surface area contributed by atoms with E-state index in [0.717, 1.165) is 58.3 Å². The monoisotopic (exact) mass is 665 g/mol. The fraction of sp³-hybridized carbons (Fsp3) is 0.511. The summed E-state index contributed by atoms with van der Waals surface area (Å²) in [4.78, 5) is 11.7. The van der Waals surface area contributed by atoms with Crippen LogP contribution in [0.1, 0.15) is 96.3 Å². The number of hydrogen-bond acceptors (Lipinski definition) is 5. The first-order valence-corrected chi connectivity index (χ1v) is 20.2. The normalized spacial score (nSPS) is 33.2. The molecule has 4 atom stereocenters. The van der Waals surface area contributed by atoms with Crippen molar-refractivity contribution < 1.29 is 0 Å². The molecule has 50 heavy (non-hydrogen) atoms. The molecule has 0 saturated carbocycles. The van der Waals surface area contributed by atoms with Crippen molar-refractivity contribution in [3.63, 3.8) is 0 Å². The number of fused-ring (bicyclic) bond motifs is 1. The summed E-state index contributed by atoms with van der Waals surface area (Å²) in [7, 11) is 0. The highest BCUT2D eigenvalue weighted by atomic mass is 15.5. The molecule has 5 aliphatic carbocycles. The molecule has 5 heterocycles. The van der Waals surface area contributed by atoms with E-state index >= 15 is 0 Å². The van der Waals surface area contributed by atoms with Crippen molar-refractivity contribution in [2.75, 3.05) is 26.2 Å². The molecule has 0 aromatic rings. The number of allylic oxidation sites excluding steroid dienone is 12. The molecule has 4 unspecified atom stereocenters. The van der Waals surface area contributed by atoms with E-state index in [2.05, 4.69) is 98.1 Å². The lowest BCUT2D eigenvalue weighted by molar-refractivity contribution is -0.0698. The van der Waals surface area contributed by atoms with Crippen LogP contribution in [0.15, 0.2) is 129 Å². The molecule has 0 radical (unpaired) electrons. The topological polar surface area (TPSA) is 25.0 Å². The standard InChI is InChI=1S/C45H55N5/c1-2-16-37-31-47(27-22-32(37)11-1)43-39-18-8-4-13-34(39)24-29-49(43)45-41-20-10-6-15-36(41)25-30-50(45)44-40-19-9-5-14-35(40)23-28-48(44)42-38-17-7-3-12-33(38)21-26-46-42/h1-3,5-6,9-12,22,27,31,42-46H,4,7-8,13-21,23-26,28-30H2. The Kier molecular flexibility index (Phi) is 8.44. The Morgan fingerprint density at radius 3 is 2.12 bits per heavy atom. The van der Waals surface area contributed by atoms with Crippen molar-refractivity contribution in [3.8, 4) is 0 Å². The van der Waals surface area contributed by atoms with Gasteiger partial charge in [-0.1, -0.05) is 71.4 Å². The van der Waals surface area contributed by atoms with Crippen LogP contribution in [0.5, 0.6) is 0 Å². The van der Waals surface area contributed by atoms with Gasteiger partial charge in [0, 0.05) is 38.6 Å². The van der Waals surface area contributed by atoms with E-state index in [-0.39, 0.29) is 6.17 Å². The Morgan fingerprint density at radius 1 is 0.560 bits per heavy atom. The van der Waals surface area contributed by atoms with Crippen LogP contribution in [0.3, 0.4) is 0 Å². The third kappa shape index (κ3) is 5.43. The van der Waals surface area contributed by atoms with Gasteiger partial charge in [-0.3, -0.25) is 20.0 Å². The second-order valence-corrected chi connectivity index (χ2v) is 16.2. The Bertz CT molecular complexity index is 1770. The van der Waals surface area contributed by atoms with E-state index in [1.165, 1.54) is 75.4 Å². The zero-order valence-electron chi connectivity index (χ0n) is 30.0. The van der Waals surface area contributed by atoms with Crippen LogP contribution >= 0.6 is 0 Å². The lowest BCUT2D eigenvalue weighted by Gasteiger charge is -2.58. The van der Waals surface area contributed by atoms with Crippen LogP contribution in [0.2, 0.25) is 0 Å². The van der Waals surface area contributed by atoms with Gasteiger partial charge in [-0.25, -0.2) is 0 Å². The molecule has 260 valence electrons. The molecular weight excluding hydrogens is 611 g/mol. The van der Waals surface area contributed by atoms with E-state index in [0.29, 0.717) is 18.5 Å². The predicted octanol–water partition coefficient (Wildman–Crippen LogP) is 8.81. The van der Waals surface area contributed by atoms with Crippen molar-refractivity contribution in [1.29, 1.82) is 0 Å². The third-order valence-corrected chi connectivity index (χ3v) is 13.6. The highest BCUT2D eigenvalue weighted by Crippen LogP contribution is 2.47. The quantitative estimate of drug-likeness (QED) is 0.303. The Balaban J connectivity index is 1.10. The molecule has 10 aliphatic rings. The summed E-state index contributed by atoms with van der Waals surface area (Å²) in [5.74, 6) is 0. The van der Waals surface area contributed by atoms with E-state index in [1.54, 1.807) is 44.6 Å². The van der Waals surface area contributed by atoms with Gasteiger partial charge in [-0.05, 0) is 141 Å². The van der Waals surface area contributed by atoms with Gasteiger partial charge < -0.3 is 4.90 Å². The molecule has 5 heteroatoms. The van der Waals surface area contributed by atoms with Gasteiger partial charge in [0.05, 0.1) is 18.5 Å². The molecule has 0 aromatic carbocycles. The zero-order chi connectivity index (χ0) is 33.0. The molecule has 10 rings (SSSR count). The minimum atomic E-state index is 0.280. The minimum Gasteiger partial charge on any atom is -0.334 e. The Morgan fingerprint density at radius 2 is 1.28 bits per heavy atom. The average Bonchev–Trinajstić information content (AvgIpc) is 3.19. The number of rotatable bonds is 4. The maximum absolute atomic E-state index is 4.11. The van der Waals surface area contributed by atoms with E-state index in [1.807, 2.05) is 0 Å². The molecule has 0 fully saturated rings. The van der Waals surface area contributed by atoms with Gasteiger partial charge in [-0.2, -0.15) is 0 Å². The molecule has 0 saturated heterocycles. The number of hydrogen-bond donors (Lipinski definition) is 1. The second-order valence-electron chi connectivity index (χ2n) is 16.2. The summed E-state index contributed by atoms with van der Waals surface area (Å²) in [6.45, 7) is 4.51. The van der Waals surface area contributed by atoms with Gasteiger partial charge in [0.2, 0.25) is 0 Å². The summed E-state index contributed by atoms with van der Waals surface area (Å²) in [6.07, 6.45) is 48.2. The van der Waals surface area contributed by atoms with Gasteiger partial charge in [0.1, 0.15) is 6.17 Å². The first-order chi connectivity index (χ1) is 24.8. The van der Waals surface area contributed by atoms with Crippen molar-refractivity contribution in [3.05, 3.63) is 129 Å². The lowest BCUT2D eigenvalue weighted by atomic mass is 9.80. The van der Waals surface area contributed by atoms with Gasteiger partial charge in [0.25, 0.3) is 0 Å². The summed E-state index contributed by atoms with van der Waals surface area (Å²) in [5.41, 5.74) is 16.5. The largest absolute Gasteiger partial charge is 0.334 e. The highest BCUT2D eigenvalue weighted by Gasteiger charge is 2.48. The second kappa shape index (κ2) is 13.4. The molecule has 0 spiro atoms. The lowest BCUT2D eigenvalue weighted by Crippen LogP contribution is -2.68. The van der Waals surface area contributed by atoms with Gasteiger partial charge in [-0.15, -0.1) is 0 Å². The predicted molar refractivity (Wildman–Crippen MR) is 204 cm³/mol. The first kappa shape index (κ1) is 31.5. The Hall–Kier alpha value is -3.22. The molecular formula is C45H55N5.